The van der Waals surface area contributed by atoms with Crippen molar-refractivity contribution in [3.05, 3.63) is 30.3 Å². The van der Waals surface area contributed by atoms with Gasteiger partial charge < -0.3 is 14.5 Å². The van der Waals surface area contributed by atoms with Crippen molar-refractivity contribution in [2.24, 2.45) is 5.41 Å². The molecule has 2 heterocycles. The summed E-state index contributed by atoms with van der Waals surface area (Å²) in [6.07, 6.45) is 1.70. The Bertz CT molecular complexity index is 469. The highest BCUT2D eigenvalue weighted by molar-refractivity contribution is 5.77. The van der Waals surface area contributed by atoms with Crippen molar-refractivity contribution in [3.63, 3.8) is 0 Å². The van der Waals surface area contributed by atoms with Crippen molar-refractivity contribution < 1.29 is 9.53 Å². The highest BCUT2D eigenvalue weighted by atomic mass is 16.5. The number of para-hydroxylation sites is 1. The summed E-state index contributed by atoms with van der Waals surface area (Å²) in [6.45, 7) is 4.53. The Morgan fingerprint density at radius 1 is 1.25 bits per heavy atom. The van der Waals surface area contributed by atoms with Crippen LogP contribution in [0.4, 0.5) is 5.69 Å². The van der Waals surface area contributed by atoms with Crippen molar-refractivity contribution in [3.8, 4) is 0 Å². The molecule has 0 atom stereocenters. The van der Waals surface area contributed by atoms with E-state index in [1.807, 2.05) is 4.90 Å². The van der Waals surface area contributed by atoms with E-state index in [-0.39, 0.29) is 5.91 Å². The van der Waals surface area contributed by atoms with E-state index in [0.29, 0.717) is 18.4 Å². The summed E-state index contributed by atoms with van der Waals surface area (Å²) >= 11 is 0. The summed E-state index contributed by atoms with van der Waals surface area (Å²) in [7, 11) is 1.64. The average Bonchev–Trinajstić information content (AvgIpc) is 2.89. The number of hydrogen-bond acceptors (Lipinski definition) is 3. The lowest BCUT2D eigenvalue weighted by Gasteiger charge is -2.48. The molecule has 3 rings (SSSR count). The summed E-state index contributed by atoms with van der Waals surface area (Å²) in [5.41, 5.74) is 1.63. The Balaban J connectivity index is 1.53. The Morgan fingerprint density at radius 2 is 2.00 bits per heavy atom. The largest absolute Gasteiger partial charge is 0.384 e. The highest BCUT2D eigenvalue weighted by Crippen LogP contribution is 2.41. The van der Waals surface area contributed by atoms with Gasteiger partial charge in [-0.1, -0.05) is 18.2 Å². The van der Waals surface area contributed by atoms with Crippen LogP contribution in [0.1, 0.15) is 12.8 Å². The number of amides is 1. The second-order valence-corrected chi connectivity index (χ2v) is 6.00. The van der Waals surface area contributed by atoms with Crippen LogP contribution in [-0.2, 0) is 9.53 Å². The molecule has 0 unspecified atom stereocenters. The third-order valence-electron chi connectivity index (χ3n) is 4.48. The summed E-state index contributed by atoms with van der Waals surface area (Å²) in [5, 5.41) is 0. The van der Waals surface area contributed by atoms with Crippen LogP contribution in [0.25, 0.3) is 0 Å². The molecule has 0 aromatic heterocycles. The zero-order valence-corrected chi connectivity index (χ0v) is 12.0. The monoisotopic (exact) mass is 274 g/mol. The van der Waals surface area contributed by atoms with Crippen molar-refractivity contribution in [2.45, 2.75) is 12.8 Å². The molecule has 0 bridgehead atoms. The van der Waals surface area contributed by atoms with Crippen LogP contribution in [0, 0.1) is 5.41 Å². The maximum atomic E-state index is 11.9. The maximum absolute atomic E-state index is 11.9. The topological polar surface area (TPSA) is 32.8 Å². The molecule has 4 heteroatoms. The van der Waals surface area contributed by atoms with Gasteiger partial charge in [0.05, 0.1) is 13.0 Å². The zero-order chi connectivity index (χ0) is 14.0. The molecular weight excluding hydrogens is 252 g/mol. The van der Waals surface area contributed by atoms with Gasteiger partial charge in [-0.25, -0.2) is 0 Å². The number of ether oxygens (including phenoxy) is 1. The number of carbonyl (C=O) groups excluding carboxylic acids is 1. The van der Waals surface area contributed by atoms with E-state index < -0.39 is 0 Å². The first-order chi connectivity index (χ1) is 9.72. The quantitative estimate of drug-likeness (QED) is 0.839. The lowest BCUT2D eigenvalue weighted by atomic mass is 9.79. The summed E-state index contributed by atoms with van der Waals surface area (Å²) in [6, 6.07) is 10.6. The third-order valence-corrected chi connectivity index (χ3v) is 4.48. The molecule has 0 saturated carbocycles. The van der Waals surface area contributed by atoms with Crippen LogP contribution in [0.2, 0.25) is 0 Å². The number of benzene rings is 1. The fourth-order valence-electron chi connectivity index (χ4n) is 3.34. The number of nitrogens with zero attached hydrogens (tertiary/aromatic N) is 2. The molecule has 108 valence electrons. The van der Waals surface area contributed by atoms with Gasteiger partial charge in [-0.3, -0.25) is 4.79 Å². The normalized spacial score (nSPS) is 20.2. The first-order valence-electron chi connectivity index (χ1n) is 7.29. The number of hydrogen-bond donors (Lipinski definition) is 0. The summed E-state index contributed by atoms with van der Waals surface area (Å²) in [5.74, 6) is 0.232. The zero-order valence-electron chi connectivity index (χ0n) is 12.0. The predicted octanol–water partition coefficient (Wildman–Crippen LogP) is 1.76. The lowest BCUT2D eigenvalue weighted by Crippen LogP contribution is -2.59. The number of methoxy groups -OCH3 is 1. The van der Waals surface area contributed by atoms with Gasteiger partial charge in [0, 0.05) is 44.4 Å². The minimum Gasteiger partial charge on any atom is -0.384 e. The summed E-state index contributed by atoms with van der Waals surface area (Å²) < 4.78 is 4.97. The van der Waals surface area contributed by atoms with Crippen LogP contribution < -0.4 is 4.90 Å². The lowest BCUT2D eigenvalue weighted by molar-refractivity contribution is -0.143. The molecule has 2 aliphatic rings. The van der Waals surface area contributed by atoms with Crippen molar-refractivity contribution >= 4 is 11.6 Å². The number of anilines is 1. The highest BCUT2D eigenvalue weighted by Gasteiger charge is 2.48. The Labute approximate surface area is 120 Å². The Kier molecular flexibility index (Phi) is 3.66. The molecule has 2 aliphatic heterocycles. The molecule has 1 aromatic rings. The second kappa shape index (κ2) is 5.44. The van der Waals surface area contributed by atoms with Gasteiger partial charge in [0.1, 0.15) is 0 Å². The van der Waals surface area contributed by atoms with Crippen LogP contribution in [0.5, 0.6) is 0 Å². The van der Waals surface area contributed by atoms with Gasteiger partial charge in [-0.05, 0) is 18.6 Å². The minimum atomic E-state index is 0.232. The number of carbonyl (C=O) groups is 1. The van der Waals surface area contributed by atoms with Crippen LogP contribution in [-0.4, -0.2) is 50.7 Å². The molecule has 0 N–H and O–H groups in total. The van der Waals surface area contributed by atoms with Crippen molar-refractivity contribution in [1.82, 2.24) is 4.90 Å². The first-order valence-corrected chi connectivity index (χ1v) is 7.29. The SMILES string of the molecule is COCCC(=O)N1CC2(CCN(c3ccccc3)C2)C1. The van der Waals surface area contributed by atoms with Crippen LogP contribution >= 0.6 is 0 Å². The van der Waals surface area contributed by atoms with E-state index in [4.69, 9.17) is 4.74 Å². The van der Waals surface area contributed by atoms with E-state index in [2.05, 4.69) is 35.2 Å². The summed E-state index contributed by atoms with van der Waals surface area (Å²) in [4.78, 5) is 16.3. The molecule has 0 radical (unpaired) electrons. The molecular formula is C16H22N2O2. The van der Waals surface area contributed by atoms with E-state index in [9.17, 15) is 4.79 Å². The first kappa shape index (κ1) is 13.4. The van der Waals surface area contributed by atoms with Gasteiger partial charge in [0.25, 0.3) is 0 Å². The maximum Gasteiger partial charge on any atom is 0.224 e. The van der Waals surface area contributed by atoms with E-state index in [1.54, 1.807) is 7.11 Å². The van der Waals surface area contributed by atoms with Gasteiger partial charge in [0.2, 0.25) is 5.91 Å². The molecule has 1 spiro atoms. The number of rotatable bonds is 4. The molecule has 2 fully saturated rings. The van der Waals surface area contributed by atoms with Gasteiger partial charge in [-0.15, -0.1) is 0 Å². The van der Waals surface area contributed by atoms with E-state index >= 15 is 0 Å². The predicted molar refractivity (Wildman–Crippen MR) is 78.8 cm³/mol. The fourth-order valence-corrected chi connectivity index (χ4v) is 3.34. The molecule has 1 amide bonds. The molecule has 0 aliphatic carbocycles. The standard InChI is InChI=1S/C16H22N2O2/c1-20-10-7-15(19)18-12-16(13-18)8-9-17(11-16)14-5-3-2-4-6-14/h2-6H,7-13H2,1H3. The van der Waals surface area contributed by atoms with Gasteiger partial charge in [-0.2, -0.15) is 0 Å². The van der Waals surface area contributed by atoms with E-state index in [0.717, 1.165) is 26.2 Å². The van der Waals surface area contributed by atoms with Crippen molar-refractivity contribution in [2.75, 3.05) is 44.8 Å². The van der Waals surface area contributed by atoms with E-state index in [1.165, 1.54) is 12.1 Å². The molecule has 2 saturated heterocycles. The molecule has 20 heavy (non-hydrogen) atoms. The molecule has 4 nitrogen and oxygen atoms in total. The Morgan fingerprint density at radius 3 is 2.70 bits per heavy atom. The average molecular weight is 274 g/mol. The smallest absolute Gasteiger partial charge is 0.224 e. The van der Waals surface area contributed by atoms with Crippen LogP contribution in [0.15, 0.2) is 30.3 Å². The number of likely N-dealkylation sites (tertiary alicyclic amines) is 1. The second-order valence-electron chi connectivity index (χ2n) is 6.00. The van der Waals surface area contributed by atoms with Gasteiger partial charge in [0.15, 0.2) is 0 Å². The third kappa shape index (κ3) is 2.52. The van der Waals surface area contributed by atoms with Gasteiger partial charge >= 0.3 is 0 Å². The molecule has 1 aromatic carbocycles. The fraction of sp³-hybridized carbons (Fsp3) is 0.562. The minimum absolute atomic E-state index is 0.232. The van der Waals surface area contributed by atoms with Crippen LogP contribution in [0.3, 0.4) is 0 Å². The Hall–Kier alpha value is -1.55. The van der Waals surface area contributed by atoms with Crippen molar-refractivity contribution in [1.29, 1.82) is 0 Å².